The minimum Gasteiger partial charge on any atom is -0.389 e. The van der Waals surface area contributed by atoms with Gasteiger partial charge < -0.3 is 5.11 Å². The van der Waals surface area contributed by atoms with E-state index in [2.05, 4.69) is 0 Å². The first-order valence-corrected chi connectivity index (χ1v) is 6.28. The molecule has 1 atom stereocenters. The lowest BCUT2D eigenvalue weighted by atomic mass is 10.1. The lowest BCUT2D eigenvalue weighted by Crippen LogP contribution is -2.07. The number of benzene rings is 1. The van der Waals surface area contributed by atoms with Crippen LogP contribution in [0.25, 0.3) is 6.08 Å². The van der Waals surface area contributed by atoms with Crippen LogP contribution in [0, 0.1) is 0 Å². The zero-order valence-electron chi connectivity index (χ0n) is 9.30. The van der Waals surface area contributed by atoms with Gasteiger partial charge in [0.2, 0.25) is 0 Å². The highest BCUT2D eigenvalue weighted by atomic mass is 32.2. The fraction of sp³-hybridized carbons (Fsp3) is 0.308. The van der Waals surface area contributed by atoms with Crippen molar-refractivity contribution in [2.75, 3.05) is 5.75 Å². The molecule has 1 rings (SSSR count). The molecule has 0 unspecified atom stereocenters. The molecule has 1 N–H and O–H groups in total. The van der Waals surface area contributed by atoms with E-state index in [1.54, 1.807) is 6.08 Å². The second-order valence-corrected chi connectivity index (χ2v) is 4.67. The van der Waals surface area contributed by atoms with Crippen LogP contribution in [-0.2, 0) is 4.79 Å². The molecule has 0 spiro atoms. The molecular weight excluding hydrogens is 220 g/mol. The van der Waals surface area contributed by atoms with Crippen molar-refractivity contribution in [3.05, 3.63) is 42.0 Å². The first-order chi connectivity index (χ1) is 7.72. The standard InChI is InChI=1S/C13H16O2S/c1-2-16-13(15)10-12(14)9-8-11-6-4-3-5-7-11/h3-9,12,14H,2,10H2,1H3/b9-8+/t12-/m0/s1. The van der Waals surface area contributed by atoms with Crippen LogP contribution in [0.2, 0.25) is 0 Å². The summed E-state index contributed by atoms with van der Waals surface area (Å²) in [6.45, 7) is 1.93. The molecule has 3 heteroatoms. The van der Waals surface area contributed by atoms with E-state index < -0.39 is 6.10 Å². The third-order valence-corrected chi connectivity index (χ3v) is 2.77. The SMILES string of the molecule is CCSC(=O)C[C@@H](O)/C=C/c1ccccc1. The van der Waals surface area contributed by atoms with Gasteiger partial charge in [0, 0.05) is 6.42 Å². The van der Waals surface area contributed by atoms with E-state index in [0.717, 1.165) is 11.3 Å². The Morgan fingerprint density at radius 3 is 2.75 bits per heavy atom. The molecular formula is C13H16O2S. The molecule has 0 saturated heterocycles. The average molecular weight is 236 g/mol. The van der Waals surface area contributed by atoms with Crippen LogP contribution in [0.1, 0.15) is 18.9 Å². The van der Waals surface area contributed by atoms with E-state index in [9.17, 15) is 9.90 Å². The minimum absolute atomic E-state index is 0.0349. The summed E-state index contributed by atoms with van der Waals surface area (Å²) in [6.07, 6.45) is 2.98. The highest BCUT2D eigenvalue weighted by molar-refractivity contribution is 8.13. The molecule has 0 aliphatic heterocycles. The molecule has 0 aliphatic carbocycles. The van der Waals surface area contributed by atoms with Gasteiger partial charge in [-0.1, -0.05) is 61.2 Å². The number of carbonyl (C=O) groups is 1. The predicted octanol–water partition coefficient (Wildman–Crippen LogP) is 2.73. The molecule has 1 aromatic carbocycles. The number of aliphatic hydroxyl groups excluding tert-OH is 1. The second kappa shape index (κ2) is 7.25. The summed E-state index contributed by atoms with van der Waals surface area (Å²) in [5.74, 6) is 0.758. The Morgan fingerprint density at radius 1 is 1.44 bits per heavy atom. The monoisotopic (exact) mass is 236 g/mol. The van der Waals surface area contributed by atoms with Gasteiger partial charge in [-0.25, -0.2) is 0 Å². The molecule has 86 valence electrons. The Hall–Kier alpha value is -1.06. The molecule has 0 heterocycles. The Labute approximate surface area is 100 Å². The number of rotatable bonds is 5. The molecule has 0 bridgehead atoms. The first kappa shape index (κ1) is 13.0. The molecule has 0 aliphatic rings. The van der Waals surface area contributed by atoms with E-state index in [-0.39, 0.29) is 11.5 Å². The quantitative estimate of drug-likeness (QED) is 0.854. The van der Waals surface area contributed by atoms with Crippen molar-refractivity contribution in [2.45, 2.75) is 19.4 Å². The number of hydrogen-bond acceptors (Lipinski definition) is 3. The van der Waals surface area contributed by atoms with Crippen LogP contribution in [0.4, 0.5) is 0 Å². The molecule has 16 heavy (non-hydrogen) atoms. The van der Waals surface area contributed by atoms with Crippen LogP contribution >= 0.6 is 11.8 Å². The number of aliphatic hydroxyl groups is 1. The van der Waals surface area contributed by atoms with Gasteiger partial charge in [0.15, 0.2) is 5.12 Å². The number of carbonyl (C=O) groups excluding carboxylic acids is 1. The maximum atomic E-state index is 11.2. The van der Waals surface area contributed by atoms with Gasteiger partial charge in [-0.2, -0.15) is 0 Å². The zero-order valence-corrected chi connectivity index (χ0v) is 10.1. The van der Waals surface area contributed by atoms with Crippen molar-refractivity contribution >= 4 is 23.0 Å². The van der Waals surface area contributed by atoms with Gasteiger partial charge in [-0.05, 0) is 11.3 Å². The third kappa shape index (κ3) is 5.14. The summed E-state index contributed by atoms with van der Waals surface area (Å²) in [5.41, 5.74) is 1.03. The van der Waals surface area contributed by atoms with Crippen molar-refractivity contribution in [2.24, 2.45) is 0 Å². The highest BCUT2D eigenvalue weighted by Crippen LogP contribution is 2.09. The average Bonchev–Trinajstić information content (AvgIpc) is 2.28. The van der Waals surface area contributed by atoms with Crippen LogP contribution in [0.3, 0.4) is 0 Å². The molecule has 0 saturated carbocycles. The van der Waals surface area contributed by atoms with Crippen LogP contribution < -0.4 is 0 Å². The van der Waals surface area contributed by atoms with Crippen molar-refractivity contribution in [3.8, 4) is 0 Å². The van der Waals surface area contributed by atoms with E-state index in [0.29, 0.717) is 0 Å². The van der Waals surface area contributed by atoms with Gasteiger partial charge in [0.05, 0.1) is 6.10 Å². The number of hydrogen-bond donors (Lipinski definition) is 1. The first-order valence-electron chi connectivity index (χ1n) is 5.29. The summed E-state index contributed by atoms with van der Waals surface area (Å²) >= 11 is 1.25. The Bertz CT molecular complexity index is 346. The maximum Gasteiger partial charge on any atom is 0.191 e. The minimum atomic E-state index is -0.688. The topological polar surface area (TPSA) is 37.3 Å². The summed E-state index contributed by atoms with van der Waals surface area (Å²) in [4.78, 5) is 11.2. The fourth-order valence-electron chi connectivity index (χ4n) is 1.25. The van der Waals surface area contributed by atoms with Gasteiger partial charge in [0.25, 0.3) is 0 Å². The Kier molecular flexibility index (Phi) is 5.90. The lowest BCUT2D eigenvalue weighted by molar-refractivity contribution is -0.112. The maximum absolute atomic E-state index is 11.2. The number of thioether (sulfide) groups is 1. The van der Waals surface area contributed by atoms with Crippen molar-refractivity contribution < 1.29 is 9.90 Å². The Balaban J connectivity index is 2.42. The van der Waals surface area contributed by atoms with Crippen LogP contribution in [-0.4, -0.2) is 22.1 Å². The largest absolute Gasteiger partial charge is 0.389 e. The summed E-state index contributed by atoms with van der Waals surface area (Å²) in [7, 11) is 0. The van der Waals surface area contributed by atoms with Gasteiger partial charge in [-0.15, -0.1) is 0 Å². The summed E-state index contributed by atoms with van der Waals surface area (Å²) in [6, 6.07) is 9.71. The highest BCUT2D eigenvalue weighted by Gasteiger charge is 2.06. The molecule has 1 aromatic rings. The molecule has 0 amide bonds. The summed E-state index contributed by atoms with van der Waals surface area (Å²) < 4.78 is 0. The molecule has 0 radical (unpaired) electrons. The van der Waals surface area contributed by atoms with Crippen molar-refractivity contribution in [1.82, 2.24) is 0 Å². The molecule has 0 fully saturated rings. The van der Waals surface area contributed by atoms with Crippen LogP contribution in [0.15, 0.2) is 36.4 Å². The van der Waals surface area contributed by atoms with Gasteiger partial charge in [0.1, 0.15) is 0 Å². The van der Waals surface area contributed by atoms with Crippen LogP contribution in [0.5, 0.6) is 0 Å². The van der Waals surface area contributed by atoms with E-state index in [4.69, 9.17) is 0 Å². The normalized spacial score (nSPS) is 12.9. The van der Waals surface area contributed by atoms with E-state index in [1.165, 1.54) is 11.8 Å². The van der Waals surface area contributed by atoms with Crippen molar-refractivity contribution in [1.29, 1.82) is 0 Å². The van der Waals surface area contributed by atoms with E-state index in [1.807, 2.05) is 43.3 Å². The molecule has 2 nitrogen and oxygen atoms in total. The van der Waals surface area contributed by atoms with Gasteiger partial charge in [-0.3, -0.25) is 4.79 Å². The Morgan fingerprint density at radius 2 is 2.12 bits per heavy atom. The third-order valence-electron chi connectivity index (χ3n) is 1.99. The second-order valence-electron chi connectivity index (χ2n) is 3.35. The predicted molar refractivity (Wildman–Crippen MR) is 69.2 cm³/mol. The van der Waals surface area contributed by atoms with Crippen molar-refractivity contribution in [3.63, 3.8) is 0 Å². The lowest BCUT2D eigenvalue weighted by Gasteiger charge is -2.03. The van der Waals surface area contributed by atoms with E-state index >= 15 is 0 Å². The zero-order chi connectivity index (χ0) is 11.8. The summed E-state index contributed by atoms with van der Waals surface area (Å²) in [5, 5.41) is 9.62. The smallest absolute Gasteiger partial charge is 0.191 e. The fourth-order valence-corrected chi connectivity index (χ4v) is 1.86. The van der Waals surface area contributed by atoms with Gasteiger partial charge >= 0.3 is 0 Å². The molecule has 0 aromatic heterocycles.